The highest BCUT2D eigenvalue weighted by molar-refractivity contribution is 6.32. The number of aromatic nitrogens is 1. The Bertz CT molecular complexity index is 482. The van der Waals surface area contributed by atoms with Crippen molar-refractivity contribution in [1.29, 1.82) is 0 Å². The normalized spacial score (nSPS) is 10.3. The number of benzene rings is 1. The van der Waals surface area contributed by atoms with Crippen molar-refractivity contribution in [2.75, 3.05) is 0 Å². The summed E-state index contributed by atoms with van der Waals surface area (Å²) in [6, 6.07) is 7.49. The fourth-order valence-corrected chi connectivity index (χ4v) is 1.89. The van der Waals surface area contributed by atoms with E-state index in [0.29, 0.717) is 10.6 Å². The van der Waals surface area contributed by atoms with E-state index in [-0.39, 0.29) is 0 Å². The Hall–Kier alpha value is -1.54. The highest BCUT2D eigenvalue weighted by Gasteiger charge is 2.05. The van der Waals surface area contributed by atoms with E-state index in [0.717, 1.165) is 17.5 Å². The molecule has 0 fully saturated rings. The van der Waals surface area contributed by atoms with Crippen LogP contribution in [-0.4, -0.2) is 10.9 Å². The van der Waals surface area contributed by atoms with Crippen LogP contribution < -0.4 is 0 Å². The minimum Gasteiger partial charge on any atom is -0.321 e. The summed E-state index contributed by atoms with van der Waals surface area (Å²) in [6.45, 7) is 1.99. The molecule has 0 aliphatic rings. The highest BCUT2D eigenvalue weighted by Crippen LogP contribution is 2.24. The molecule has 3 heteroatoms. The van der Waals surface area contributed by atoms with Gasteiger partial charge in [0.25, 0.3) is 0 Å². The van der Waals surface area contributed by atoms with E-state index in [1.165, 1.54) is 0 Å². The number of carbonyl (C=O) groups excluding carboxylic acids is 1. The number of hydrogen-bond acceptors (Lipinski definition) is 1. The maximum Gasteiger partial charge on any atom is 0.151 e. The number of para-hydroxylation sites is 1. The van der Waals surface area contributed by atoms with Gasteiger partial charge in [-0.2, -0.15) is 0 Å². The summed E-state index contributed by atoms with van der Waals surface area (Å²) in [7, 11) is 0. The molecule has 2 nitrogen and oxygen atoms in total. The van der Waals surface area contributed by atoms with Gasteiger partial charge in [0.05, 0.1) is 10.7 Å². The van der Waals surface area contributed by atoms with Gasteiger partial charge in [0.15, 0.2) is 6.29 Å². The van der Waals surface area contributed by atoms with Crippen molar-refractivity contribution in [3.05, 3.63) is 52.8 Å². The lowest BCUT2D eigenvalue weighted by Gasteiger charge is -2.08. The molecule has 1 aromatic carbocycles. The smallest absolute Gasteiger partial charge is 0.151 e. The number of halogens is 1. The Morgan fingerprint density at radius 3 is 2.73 bits per heavy atom. The van der Waals surface area contributed by atoms with Crippen LogP contribution in [0.2, 0.25) is 5.02 Å². The minimum atomic E-state index is 0.648. The van der Waals surface area contributed by atoms with Crippen LogP contribution >= 0.6 is 11.6 Å². The topological polar surface area (TPSA) is 22.0 Å². The van der Waals surface area contributed by atoms with Crippen LogP contribution in [0, 0.1) is 6.92 Å². The third-order valence-corrected chi connectivity index (χ3v) is 2.60. The van der Waals surface area contributed by atoms with Crippen molar-refractivity contribution >= 4 is 17.9 Å². The number of nitrogens with zero attached hydrogens (tertiary/aromatic N) is 1. The largest absolute Gasteiger partial charge is 0.321 e. The molecule has 0 saturated heterocycles. The zero-order valence-electron chi connectivity index (χ0n) is 8.27. The van der Waals surface area contributed by atoms with Gasteiger partial charge in [-0.15, -0.1) is 0 Å². The lowest BCUT2D eigenvalue weighted by molar-refractivity contribution is 0.112. The van der Waals surface area contributed by atoms with Crippen LogP contribution in [0.1, 0.15) is 15.9 Å². The molecular formula is C12H10ClNO. The summed E-state index contributed by atoms with van der Waals surface area (Å²) in [5, 5.41) is 0.683. The van der Waals surface area contributed by atoms with E-state index in [4.69, 9.17) is 11.6 Å². The van der Waals surface area contributed by atoms with E-state index in [1.54, 1.807) is 12.3 Å². The average molecular weight is 220 g/mol. The molecule has 15 heavy (non-hydrogen) atoms. The number of rotatable bonds is 2. The van der Waals surface area contributed by atoms with E-state index in [1.807, 2.05) is 35.9 Å². The summed E-state index contributed by atoms with van der Waals surface area (Å²) < 4.78 is 1.86. The zero-order chi connectivity index (χ0) is 10.8. The molecule has 0 amide bonds. The number of aldehydes is 1. The van der Waals surface area contributed by atoms with Crippen LogP contribution in [0.5, 0.6) is 0 Å². The van der Waals surface area contributed by atoms with Crippen molar-refractivity contribution in [3.8, 4) is 5.69 Å². The van der Waals surface area contributed by atoms with Gasteiger partial charge >= 0.3 is 0 Å². The summed E-state index contributed by atoms with van der Waals surface area (Å²) in [4.78, 5) is 10.6. The van der Waals surface area contributed by atoms with E-state index < -0.39 is 0 Å². The molecule has 1 aromatic heterocycles. The van der Waals surface area contributed by atoms with Gasteiger partial charge in [-0.05, 0) is 24.6 Å². The monoisotopic (exact) mass is 219 g/mol. The molecule has 0 N–H and O–H groups in total. The Morgan fingerprint density at radius 2 is 2.13 bits per heavy atom. The first-order valence-corrected chi connectivity index (χ1v) is 4.99. The van der Waals surface area contributed by atoms with Gasteiger partial charge in [-0.3, -0.25) is 4.79 Å². The minimum absolute atomic E-state index is 0.648. The van der Waals surface area contributed by atoms with Gasteiger partial charge in [0, 0.05) is 18.0 Å². The summed E-state index contributed by atoms with van der Waals surface area (Å²) >= 11 is 6.11. The first-order chi connectivity index (χ1) is 7.22. The first-order valence-electron chi connectivity index (χ1n) is 4.61. The fourth-order valence-electron chi connectivity index (χ4n) is 1.57. The maximum atomic E-state index is 10.6. The van der Waals surface area contributed by atoms with E-state index in [2.05, 4.69) is 0 Å². The maximum absolute atomic E-state index is 10.6. The second-order valence-corrected chi connectivity index (χ2v) is 3.78. The Balaban J connectivity index is 2.58. The van der Waals surface area contributed by atoms with E-state index in [9.17, 15) is 4.79 Å². The molecule has 0 aliphatic heterocycles. The third-order valence-electron chi connectivity index (χ3n) is 2.30. The average Bonchev–Trinajstić information content (AvgIpc) is 2.66. The Kier molecular flexibility index (Phi) is 2.60. The summed E-state index contributed by atoms with van der Waals surface area (Å²) in [5.41, 5.74) is 2.65. The number of aryl methyl sites for hydroxylation is 1. The molecule has 2 aromatic rings. The molecule has 1 heterocycles. The third kappa shape index (κ3) is 1.81. The van der Waals surface area contributed by atoms with Crippen molar-refractivity contribution in [3.63, 3.8) is 0 Å². The van der Waals surface area contributed by atoms with Gasteiger partial charge in [0.2, 0.25) is 0 Å². The molecule has 0 aliphatic carbocycles. The lowest BCUT2D eigenvalue weighted by Crippen LogP contribution is -1.94. The molecule has 0 spiro atoms. The Morgan fingerprint density at radius 1 is 1.33 bits per heavy atom. The molecule has 0 radical (unpaired) electrons. The van der Waals surface area contributed by atoms with Gasteiger partial charge < -0.3 is 4.57 Å². The standard InChI is InChI=1S/C12H10ClNO/c1-9-3-2-4-11(13)12(9)14-6-5-10(7-14)8-15/h2-8H,1H3. The molecule has 2 rings (SSSR count). The van der Waals surface area contributed by atoms with Crippen LogP contribution in [0.4, 0.5) is 0 Å². The molecule has 0 atom stereocenters. The first kappa shape index (κ1) is 9.99. The molecule has 0 unspecified atom stereocenters. The molecular weight excluding hydrogens is 210 g/mol. The summed E-state index contributed by atoms with van der Waals surface area (Å²) in [5.74, 6) is 0. The molecule has 0 saturated carbocycles. The molecule has 76 valence electrons. The second kappa shape index (κ2) is 3.91. The van der Waals surface area contributed by atoms with Crippen molar-refractivity contribution in [1.82, 2.24) is 4.57 Å². The van der Waals surface area contributed by atoms with Crippen LogP contribution in [-0.2, 0) is 0 Å². The SMILES string of the molecule is Cc1cccc(Cl)c1-n1ccc(C=O)c1. The summed E-state index contributed by atoms with van der Waals surface area (Å²) in [6.07, 6.45) is 4.42. The number of hydrogen-bond donors (Lipinski definition) is 0. The van der Waals surface area contributed by atoms with Crippen LogP contribution in [0.25, 0.3) is 5.69 Å². The zero-order valence-corrected chi connectivity index (χ0v) is 9.03. The second-order valence-electron chi connectivity index (χ2n) is 3.38. The lowest BCUT2D eigenvalue weighted by atomic mass is 10.2. The fraction of sp³-hybridized carbons (Fsp3) is 0.0833. The quantitative estimate of drug-likeness (QED) is 0.711. The molecule has 0 bridgehead atoms. The van der Waals surface area contributed by atoms with Crippen molar-refractivity contribution in [2.45, 2.75) is 6.92 Å². The van der Waals surface area contributed by atoms with Gasteiger partial charge in [0.1, 0.15) is 0 Å². The van der Waals surface area contributed by atoms with Crippen molar-refractivity contribution < 1.29 is 4.79 Å². The number of carbonyl (C=O) groups is 1. The predicted molar refractivity (Wildman–Crippen MR) is 60.9 cm³/mol. The predicted octanol–water partition coefficient (Wildman–Crippen LogP) is 3.25. The van der Waals surface area contributed by atoms with Crippen LogP contribution in [0.15, 0.2) is 36.7 Å². The Labute approximate surface area is 93.1 Å². The van der Waals surface area contributed by atoms with Crippen LogP contribution in [0.3, 0.4) is 0 Å². The highest BCUT2D eigenvalue weighted by atomic mass is 35.5. The van der Waals surface area contributed by atoms with Crippen molar-refractivity contribution in [2.24, 2.45) is 0 Å². The van der Waals surface area contributed by atoms with Gasteiger partial charge in [-0.1, -0.05) is 23.7 Å². The van der Waals surface area contributed by atoms with E-state index >= 15 is 0 Å². The van der Waals surface area contributed by atoms with Gasteiger partial charge in [-0.25, -0.2) is 0 Å².